The van der Waals surface area contributed by atoms with Crippen LogP contribution in [0.1, 0.15) is 10.4 Å². The summed E-state index contributed by atoms with van der Waals surface area (Å²) in [6.07, 6.45) is 0. The highest BCUT2D eigenvalue weighted by Crippen LogP contribution is 2.35. The molecule has 0 radical (unpaired) electrons. The first-order valence-corrected chi connectivity index (χ1v) is 8.50. The molecule has 0 fully saturated rings. The number of anilines is 2. The minimum atomic E-state index is -0.275. The third-order valence-electron chi connectivity index (χ3n) is 3.74. The average molecular weight is 392 g/mol. The summed E-state index contributed by atoms with van der Waals surface area (Å²) in [7, 11) is 6.38. The molecule has 0 aliphatic carbocycles. The molecule has 2 aromatic rings. The molecule has 0 heterocycles. The number of hydrogen-bond acceptors (Lipinski definition) is 5. The molecule has 0 aliphatic heterocycles. The Kier molecular flexibility index (Phi) is 6.90. The second-order valence-corrected chi connectivity index (χ2v) is 6.27. The molecule has 0 aliphatic rings. The van der Waals surface area contributed by atoms with Crippen LogP contribution in [0.5, 0.6) is 11.5 Å². The van der Waals surface area contributed by atoms with Crippen LogP contribution in [-0.4, -0.2) is 51.6 Å². The zero-order valence-corrected chi connectivity index (χ0v) is 16.4. The van der Waals surface area contributed by atoms with E-state index >= 15 is 0 Å². The lowest BCUT2D eigenvalue weighted by molar-refractivity contribution is -0.114. The van der Waals surface area contributed by atoms with Gasteiger partial charge in [0.15, 0.2) is 0 Å². The minimum Gasteiger partial charge on any atom is -0.495 e. The largest absolute Gasteiger partial charge is 0.495 e. The van der Waals surface area contributed by atoms with Gasteiger partial charge in [0.25, 0.3) is 5.91 Å². The smallest absolute Gasteiger partial charge is 0.253 e. The monoisotopic (exact) mass is 391 g/mol. The van der Waals surface area contributed by atoms with Crippen molar-refractivity contribution >= 4 is 34.8 Å². The van der Waals surface area contributed by atoms with Gasteiger partial charge < -0.3 is 25.0 Å². The number of nitrogens with one attached hydrogen (secondary N) is 2. The van der Waals surface area contributed by atoms with Gasteiger partial charge in [-0.2, -0.15) is 0 Å². The zero-order chi connectivity index (χ0) is 20.0. The molecule has 144 valence electrons. The lowest BCUT2D eigenvalue weighted by Gasteiger charge is -2.14. The maximum Gasteiger partial charge on any atom is 0.253 e. The van der Waals surface area contributed by atoms with Crippen molar-refractivity contribution in [2.75, 3.05) is 45.5 Å². The van der Waals surface area contributed by atoms with E-state index in [1.807, 2.05) is 0 Å². The van der Waals surface area contributed by atoms with Crippen molar-refractivity contribution in [3.8, 4) is 11.5 Å². The Morgan fingerprint density at radius 2 is 1.67 bits per heavy atom. The van der Waals surface area contributed by atoms with Crippen LogP contribution < -0.4 is 20.1 Å². The van der Waals surface area contributed by atoms with Gasteiger partial charge in [-0.15, -0.1) is 0 Å². The Morgan fingerprint density at radius 1 is 1.04 bits per heavy atom. The molecular weight excluding hydrogens is 370 g/mol. The van der Waals surface area contributed by atoms with E-state index in [-0.39, 0.29) is 18.4 Å². The average Bonchev–Trinajstić information content (AvgIpc) is 2.66. The van der Waals surface area contributed by atoms with Crippen molar-refractivity contribution in [2.45, 2.75) is 0 Å². The Hall–Kier alpha value is -2.93. The van der Waals surface area contributed by atoms with Crippen LogP contribution in [0, 0.1) is 0 Å². The molecule has 7 nitrogen and oxygen atoms in total. The number of hydrogen-bond donors (Lipinski definition) is 2. The van der Waals surface area contributed by atoms with Gasteiger partial charge in [0.2, 0.25) is 5.91 Å². The van der Waals surface area contributed by atoms with Crippen LogP contribution in [0.3, 0.4) is 0 Å². The van der Waals surface area contributed by atoms with Crippen LogP contribution in [0.15, 0.2) is 36.4 Å². The summed E-state index contributed by atoms with van der Waals surface area (Å²) in [4.78, 5) is 25.6. The first-order valence-electron chi connectivity index (χ1n) is 8.12. The standard InChI is InChI=1S/C19H22ClN3O4/c1-23(2)19(25)12-5-7-13(8-6-12)21-11-18(24)22-15-9-14(20)16(26-3)10-17(15)27-4/h5-10,21H,11H2,1-4H3,(H,22,24). The maximum absolute atomic E-state index is 12.2. The zero-order valence-electron chi connectivity index (χ0n) is 15.6. The second kappa shape index (κ2) is 9.14. The number of halogens is 1. The third-order valence-corrected chi connectivity index (χ3v) is 4.03. The highest BCUT2D eigenvalue weighted by atomic mass is 35.5. The van der Waals surface area contributed by atoms with Gasteiger partial charge in [0, 0.05) is 31.4 Å². The topological polar surface area (TPSA) is 79.9 Å². The van der Waals surface area contributed by atoms with E-state index in [1.54, 1.807) is 50.5 Å². The van der Waals surface area contributed by atoms with E-state index in [9.17, 15) is 9.59 Å². The number of carbonyl (C=O) groups excluding carboxylic acids is 2. The Morgan fingerprint density at radius 3 is 2.22 bits per heavy atom. The number of rotatable bonds is 7. The quantitative estimate of drug-likeness (QED) is 0.758. The molecule has 0 aromatic heterocycles. The molecule has 0 atom stereocenters. The molecule has 8 heteroatoms. The van der Waals surface area contributed by atoms with Gasteiger partial charge in [0.1, 0.15) is 11.5 Å². The number of amides is 2. The van der Waals surface area contributed by atoms with E-state index in [0.29, 0.717) is 27.8 Å². The summed E-state index contributed by atoms with van der Waals surface area (Å²) in [6.45, 7) is 0.0355. The summed E-state index contributed by atoms with van der Waals surface area (Å²) in [5.74, 6) is 0.541. The molecular formula is C19H22ClN3O4. The van der Waals surface area contributed by atoms with Crippen molar-refractivity contribution in [3.05, 3.63) is 47.0 Å². The highest BCUT2D eigenvalue weighted by Gasteiger charge is 2.13. The second-order valence-electron chi connectivity index (χ2n) is 5.87. The van der Waals surface area contributed by atoms with Crippen molar-refractivity contribution in [3.63, 3.8) is 0 Å². The molecule has 0 saturated heterocycles. The van der Waals surface area contributed by atoms with Crippen LogP contribution in [0.4, 0.5) is 11.4 Å². The van der Waals surface area contributed by atoms with E-state index in [2.05, 4.69) is 10.6 Å². The predicted molar refractivity (Wildman–Crippen MR) is 106 cm³/mol. The van der Waals surface area contributed by atoms with Crippen LogP contribution >= 0.6 is 11.6 Å². The normalized spacial score (nSPS) is 10.1. The van der Waals surface area contributed by atoms with E-state index < -0.39 is 0 Å². The first kappa shape index (κ1) is 20.4. The minimum absolute atomic E-state index is 0.0355. The summed E-state index contributed by atoms with van der Waals surface area (Å²) in [5, 5.41) is 6.10. The third kappa shape index (κ3) is 5.27. The fourth-order valence-electron chi connectivity index (χ4n) is 2.32. The van der Waals surface area contributed by atoms with E-state index in [1.165, 1.54) is 19.1 Å². The van der Waals surface area contributed by atoms with Crippen LogP contribution in [-0.2, 0) is 4.79 Å². The van der Waals surface area contributed by atoms with Gasteiger partial charge in [-0.05, 0) is 30.3 Å². The summed E-state index contributed by atoms with van der Waals surface area (Å²) in [6, 6.07) is 10.1. The molecule has 2 rings (SSSR count). The Bertz CT molecular complexity index is 822. The molecule has 0 unspecified atom stereocenters. The van der Waals surface area contributed by atoms with Gasteiger partial charge >= 0.3 is 0 Å². The number of ether oxygens (including phenoxy) is 2. The van der Waals surface area contributed by atoms with Crippen molar-refractivity contribution in [1.29, 1.82) is 0 Å². The van der Waals surface area contributed by atoms with E-state index in [4.69, 9.17) is 21.1 Å². The number of methoxy groups -OCH3 is 2. The fourth-order valence-corrected chi connectivity index (χ4v) is 2.56. The van der Waals surface area contributed by atoms with Crippen molar-refractivity contribution in [2.24, 2.45) is 0 Å². The van der Waals surface area contributed by atoms with Gasteiger partial charge in [-0.1, -0.05) is 11.6 Å². The van der Waals surface area contributed by atoms with Crippen molar-refractivity contribution < 1.29 is 19.1 Å². The first-order chi connectivity index (χ1) is 12.8. The Labute approximate surface area is 163 Å². The SMILES string of the molecule is COc1cc(OC)c(NC(=O)CNc2ccc(C(=O)N(C)C)cc2)cc1Cl. The molecule has 27 heavy (non-hydrogen) atoms. The molecule has 2 aromatic carbocycles. The van der Waals surface area contributed by atoms with Gasteiger partial charge in [-0.25, -0.2) is 0 Å². The molecule has 2 N–H and O–H groups in total. The summed E-state index contributed by atoms with van der Waals surface area (Å²) < 4.78 is 10.4. The van der Waals surface area contributed by atoms with Gasteiger partial charge in [0.05, 0.1) is 31.5 Å². The number of carbonyl (C=O) groups is 2. The van der Waals surface area contributed by atoms with Crippen LogP contribution in [0.25, 0.3) is 0 Å². The predicted octanol–water partition coefficient (Wildman–Crippen LogP) is 3.11. The van der Waals surface area contributed by atoms with Gasteiger partial charge in [-0.3, -0.25) is 9.59 Å². The lowest BCUT2D eigenvalue weighted by Crippen LogP contribution is -2.23. The number of benzene rings is 2. The highest BCUT2D eigenvalue weighted by molar-refractivity contribution is 6.32. The molecule has 0 bridgehead atoms. The lowest BCUT2D eigenvalue weighted by atomic mass is 10.2. The fraction of sp³-hybridized carbons (Fsp3) is 0.263. The molecule has 0 spiro atoms. The van der Waals surface area contributed by atoms with E-state index in [0.717, 1.165) is 5.69 Å². The number of nitrogens with zero attached hydrogens (tertiary/aromatic N) is 1. The Balaban J connectivity index is 1.98. The summed E-state index contributed by atoms with van der Waals surface area (Å²) in [5.41, 5.74) is 1.75. The maximum atomic E-state index is 12.2. The summed E-state index contributed by atoms with van der Waals surface area (Å²) >= 11 is 6.10. The molecule has 0 saturated carbocycles. The van der Waals surface area contributed by atoms with Crippen LogP contribution in [0.2, 0.25) is 5.02 Å². The molecule has 2 amide bonds. The van der Waals surface area contributed by atoms with Crippen molar-refractivity contribution in [1.82, 2.24) is 4.90 Å².